The van der Waals surface area contributed by atoms with Gasteiger partial charge in [0.15, 0.2) is 12.7 Å². The number of benzene rings is 2. The SMILES string of the molecule is Cc1ccc2c(c1)c[n+](CCO)c1ccc(F)cc21. The Bertz CT molecular complexity index is 767. The zero-order chi connectivity index (χ0) is 13.4. The number of rotatable bonds is 2. The Morgan fingerprint density at radius 3 is 2.74 bits per heavy atom. The van der Waals surface area contributed by atoms with Crippen molar-refractivity contribution < 1.29 is 14.1 Å². The summed E-state index contributed by atoms with van der Waals surface area (Å²) in [6, 6.07) is 10.9. The Balaban J connectivity index is 2.46. The first-order valence-electron chi connectivity index (χ1n) is 6.32. The van der Waals surface area contributed by atoms with Crippen LogP contribution < -0.4 is 4.57 Å². The van der Waals surface area contributed by atoms with Crippen LogP contribution in [0.5, 0.6) is 0 Å². The Labute approximate surface area is 110 Å². The zero-order valence-electron chi connectivity index (χ0n) is 10.7. The largest absolute Gasteiger partial charge is 0.390 e. The summed E-state index contributed by atoms with van der Waals surface area (Å²) >= 11 is 0. The normalized spacial score (nSPS) is 11.3. The van der Waals surface area contributed by atoms with Gasteiger partial charge in [-0.25, -0.2) is 4.39 Å². The summed E-state index contributed by atoms with van der Waals surface area (Å²) in [7, 11) is 0. The molecular weight excluding hydrogens is 241 g/mol. The van der Waals surface area contributed by atoms with Crippen molar-refractivity contribution in [3.8, 4) is 0 Å². The first kappa shape index (κ1) is 12.1. The number of aliphatic hydroxyl groups excluding tert-OH is 1. The van der Waals surface area contributed by atoms with Crippen LogP contribution in [-0.4, -0.2) is 11.7 Å². The van der Waals surface area contributed by atoms with Crippen LogP contribution in [-0.2, 0) is 6.54 Å². The van der Waals surface area contributed by atoms with Crippen LogP contribution in [0.2, 0.25) is 0 Å². The summed E-state index contributed by atoms with van der Waals surface area (Å²) < 4.78 is 15.5. The Hall–Kier alpha value is -2.00. The molecule has 0 aliphatic rings. The summed E-state index contributed by atoms with van der Waals surface area (Å²) in [4.78, 5) is 0. The predicted molar refractivity (Wildman–Crippen MR) is 73.4 cm³/mol. The molecule has 0 spiro atoms. The van der Waals surface area contributed by atoms with E-state index in [0.29, 0.717) is 6.54 Å². The van der Waals surface area contributed by atoms with Gasteiger partial charge in [0, 0.05) is 16.8 Å². The molecule has 0 radical (unpaired) electrons. The smallest absolute Gasteiger partial charge is 0.213 e. The molecule has 1 aromatic heterocycles. The van der Waals surface area contributed by atoms with E-state index in [2.05, 4.69) is 6.07 Å². The van der Waals surface area contributed by atoms with Gasteiger partial charge in [-0.2, -0.15) is 4.57 Å². The molecule has 0 saturated carbocycles. The minimum absolute atomic E-state index is 0.0640. The molecule has 96 valence electrons. The second-order valence-electron chi connectivity index (χ2n) is 4.80. The maximum Gasteiger partial charge on any atom is 0.213 e. The van der Waals surface area contributed by atoms with Crippen LogP contribution in [0.25, 0.3) is 21.7 Å². The Morgan fingerprint density at radius 1 is 1.11 bits per heavy atom. The van der Waals surface area contributed by atoms with Gasteiger partial charge >= 0.3 is 0 Å². The van der Waals surface area contributed by atoms with Crippen molar-refractivity contribution in [2.24, 2.45) is 0 Å². The minimum atomic E-state index is -0.240. The maximum atomic E-state index is 13.5. The molecular formula is C16H15FNO+. The molecule has 0 bridgehead atoms. The van der Waals surface area contributed by atoms with E-state index >= 15 is 0 Å². The fourth-order valence-corrected chi connectivity index (χ4v) is 2.54. The number of aromatic nitrogens is 1. The van der Waals surface area contributed by atoms with Gasteiger partial charge in [-0.15, -0.1) is 0 Å². The van der Waals surface area contributed by atoms with E-state index in [4.69, 9.17) is 5.11 Å². The van der Waals surface area contributed by atoms with E-state index in [-0.39, 0.29) is 12.4 Å². The number of hydrogen-bond donors (Lipinski definition) is 1. The van der Waals surface area contributed by atoms with Gasteiger partial charge in [-0.3, -0.25) is 0 Å². The Kier molecular flexibility index (Phi) is 2.91. The fraction of sp³-hybridized carbons (Fsp3) is 0.188. The van der Waals surface area contributed by atoms with Crippen LogP contribution in [0.1, 0.15) is 5.56 Å². The molecule has 3 heteroatoms. The van der Waals surface area contributed by atoms with Gasteiger partial charge in [0.2, 0.25) is 5.52 Å². The van der Waals surface area contributed by atoms with E-state index in [1.807, 2.05) is 29.8 Å². The van der Waals surface area contributed by atoms with E-state index < -0.39 is 0 Å². The number of hydrogen-bond acceptors (Lipinski definition) is 1. The van der Waals surface area contributed by atoms with Gasteiger partial charge < -0.3 is 5.11 Å². The molecule has 0 aliphatic carbocycles. The van der Waals surface area contributed by atoms with Gasteiger partial charge in [0.25, 0.3) is 0 Å². The lowest BCUT2D eigenvalue weighted by atomic mass is 10.0. The molecule has 1 heterocycles. The minimum Gasteiger partial charge on any atom is -0.390 e. The van der Waals surface area contributed by atoms with Gasteiger partial charge in [0.1, 0.15) is 12.4 Å². The molecule has 0 saturated heterocycles. The van der Waals surface area contributed by atoms with Crippen molar-refractivity contribution in [1.82, 2.24) is 0 Å². The summed E-state index contributed by atoms with van der Waals surface area (Å²) in [6.07, 6.45) is 2.01. The second kappa shape index (κ2) is 4.59. The van der Waals surface area contributed by atoms with Crippen molar-refractivity contribution in [1.29, 1.82) is 0 Å². The third-order valence-corrected chi connectivity index (χ3v) is 3.40. The molecule has 0 aliphatic heterocycles. The fourth-order valence-electron chi connectivity index (χ4n) is 2.54. The maximum absolute atomic E-state index is 13.5. The van der Waals surface area contributed by atoms with Gasteiger partial charge in [-0.05, 0) is 25.1 Å². The van der Waals surface area contributed by atoms with E-state index in [0.717, 1.165) is 21.7 Å². The molecule has 0 amide bonds. The molecule has 3 rings (SSSR count). The number of aliphatic hydroxyl groups is 1. The summed E-state index contributed by atoms with van der Waals surface area (Å²) in [6.45, 7) is 2.60. The number of nitrogens with zero attached hydrogens (tertiary/aromatic N) is 1. The molecule has 2 aromatic carbocycles. The predicted octanol–water partition coefficient (Wildman–Crippen LogP) is 2.72. The first-order chi connectivity index (χ1) is 9.19. The van der Waals surface area contributed by atoms with Crippen molar-refractivity contribution in [3.05, 3.63) is 54.0 Å². The summed E-state index contributed by atoms with van der Waals surface area (Å²) in [5, 5.41) is 12.1. The molecule has 2 nitrogen and oxygen atoms in total. The number of aryl methyl sites for hydroxylation is 1. The van der Waals surface area contributed by atoms with Crippen molar-refractivity contribution >= 4 is 21.7 Å². The highest BCUT2D eigenvalue weighted by Gasteiger charge is 2.13. The van der Waals surface area contributed by atoms with E-state index in [9.17, 15) is 4.39 Å². The topological polar surface area (TPSA) is 24.1 Å². The van der Waals surface area contributed by atoms with Crippen LogP contribution >= 0.6 is 0 Å². The molecule has 1 N–H and O–H groups in total. The number of pyridine rings is 1. The van der Waals surface area contributed by atoms with Crippen molar-refractivity contribution in [2.75, 3.05) is 6.61 Å². The second-order valence-corrected chi connectivity index (χ2v) is 4.80. The van der Waals surface area contributed by atoms with Crippen LogP contribution in [0.15, 0.2) is 42.6 Å². The monoisotopic (exact) mass is 256 g/mol. The standard InChI is InChI=1S/C16H15FNO/c1-11-2-4-14-12(8-11)10-18(6-7-19)16-5-3-13(17)9-15(14)16/h2-5,8-10,19H,6-7H2,1H3/q+1. The quantitative estimate of drug-likeness (QED) is 0.553. The van der Waals surface area contributed by atoms with Crippen molar-refractivity contribution in [3.63, 3.8) is 0 Å². The number of fused-ring (bicyclic) bond motifs is 3. The zero-order valence-corrected chi connectivity index (χ0v) is 10.7. The molecule has 0 atom stereocenters. The lowest BCUT2D eigenvalue weighted by Gasteiger charge is -2.05. The highest BCUT2D eigenvalue weighted by molar-refractivity contribution is 6.03. The van der Waals surface area contributed by atoms with Crippen LogP contribution in [0, 0.1) is 12.7 Å². The summed E-state index contributed by atoms with van der Waals surface area (Å²) in [5.74, 6) is -0.240. The first-order valence-corrected chi connectivity index (χ1v) is 6.32. The third kappa shape index (κ3) is 2.06. The molecule has 0 fully saturated rings. The molecule has 19 heavy (non-hydrogen) atoms. The highest BCUT2D eigenvalue weighted by atomic mass is 19.1. The highest BCUT2D eigenvalue weighted by Crippen LogP contribution is 2.24. The average molecular weight is 256 g/mol. The van der Waals surface area contributed by atoms with Gasteiger partial charge in [0.05, 0.1) is 5.39 Å². The lowest BCUT2D eigenvalue weighted by molar-refractivity contribution is -0.671. The van der Waals surface area contributed by atoms with E-state index in [1.165, 1.54) is 11.6 Å². The molecule has 3 aromatic rings. The van der Waals surface area contributed by atoms with Crippen LogP contribution in [0.4, 0.5) is 4.39 Å². The summed E-state index contributed by atoms with van der Waals surface area (Å²) in [5.41, 5.74) is 2.10. The Morgan fingerprint density at radius 2 is 1.95 bits per heavy atom. The molecule has 0 unspecified atom stereocenters. The van der Waals surface area contributed by atoms with Gasteiger partial charge in [-0.1, -0.05) is 17.7 Å². The van der Waals surface area contributed by atoms with Crippen LogP contribution in [0.3, 0.4) is 0 Å². The van der Waals surface area contributed by atoms with Crippen molar-refractivity contribution in [2.45, 2.75) is 13.5 Å². The number of halogens is 1. The van der Waals surface area contributed by atoms with E-state index in [1.54, 1.807) is 12.1 Å². The average Bonchev–Trinajstić information content (AvgIpc) is 2.38. The lowest BCUT2D eigenvalue weighted by Crippen LogP contribution is -2.36. The third-order valence-electron chi connectivity index (χ3n) is 3.40.